The van der Waals surface area contributed by atoms with Gasteiger partial charge in [0.05, 0.1) is 12.1 Å². The fourth-order valence-electron chi connectivity index (χ4n) is 2.38. The summed E-state index contributed by atoms with van der Waals surface area (Å²) in [4.78, 5) is 24.5. The first-order chi connectivity index (χ1) is 10.2. The minimum Gasteiger partial charge on any atom is -0.480 e. The number of rotatable bonds is 8. The summed E-state index contributed by atoms with van der Waals surface area (Å²) in [6, 6.07) is -0.00678. The number of carbonyl (C=O) groups is 2. The van der Waals surface area contributed by atoms with E-state index in [2.05, 4.69) is 10.6 Å². The number of aliphatic hydroxyl groups is 1. The van der Waals surface area contributed by atoms with Crippen LogP contribution in [-0.2, 0) is 4.79 Å². The highest BCUT2D eigenvalue weighted by molar-refractivity contribution is 5.74. The van der Waals surface area contributed by atoms with Crippen LogP contribution < -0.4 is 10.6 Å². The van der Waals surface area contributed by atoms with E-state index in [9.17, 15) is 14.7 Å². The molecule has 1 atom stereocenters. The molecule has 0 radical (unpaired) electrons. The van der Waals surface area contributed by atoms with Crippen LogP contribution in [0.25, 0.3) is 0 Å². The van der Waals surface area contributed by atoms with Gasteiger partial charge in [0.15, 0.2) is 0 Å². The molecule has 1 unspecified atom stereocenters. The summed E-state index contributed by atoms with van der Waals surface area (Å²) in [5.74, 6) is -0.776. The van der Waals surface area contributed by atoms with Crippen LogP contribution in [0.4, 0.5) is 4.79 Å². The van der Waals surface area contributed by atoms with Gasteiger partial charge in [-0.05, 0) is 32.2 Å². The molecule has 4 N–H and O–H groups in total. The molecule has 0 saturated heterocycles. The molecule has 1 aliphatic rings. The Balaban J connectivity index is 2.28. The number of aliphatic carboxylic acids is 1. The summed E-state index contributed by atoms with van der Waals surface area (Å²) >= 11 is 0. The van der Waals surface area contributed by atoms with Crippen molar-refractivity contribution in [3.8, 4) is 0 Å². The van der Waals surface area contributed by atoms with Crippen molar-refractivity contribution in [1.82, 2.24) is 15.5 Å². The van der Waals surface area contributed by atoms with E-state index < -0.39 is 11.6 Å². The van der Waals surface area contributed by atoms with Crippen LogP contribution in [0.2, 0.25) is 0 Å². The fourth-order valence-corrected chi connectivity index (χ4v) is 2.38. The van der Waals surface area contributed by atoms with Crippen molar-refractivity contribution in [2.75, 3.05) is 19.6 Å². The van der Waals surface area contributed by atoms with E-state index in [4.69, 9.17) is 5.11 Å². The van der Waals surface area contributed by atoms with Gasteiger partial charge < -0.3 is 20.8 Å². The molecule has 0 aromatic rings. The van der Waals surface area contributed by atoms with Crippen molar-refractivity contribution in [3.05, 3.63) is 0 Å². The van der Waals surface area contributed by atoms with Gasteiger partial charge in [-0.15, -0.1) is 0 Å². The van der Waals surface area contributed by atoms with Crippen LogP contribution >= 0.6 is 0 Å². The Morgan fingerprint density at radius 3 is 2.41 bits per heavy atom. The van der Waals surface area contributed by atoms with E-state index in [1.807, 2.05) is 25.7 Å². The van der Waals surface area contributed by atoms with Gasteiger partial charge in [0.25, 0.3) is 0 Å². The van der Waals surface area contributed by atoms with Crippen LogP contribution in [0.1, 0.15) is 40.5 Å². The highest BCUT2D eigenvalue weighted by Crippen LogP contribution is 2.25. The number of carboxylic acid groups (broad SMARTS) is 1. The first-order valence-corrected chi connectivity index (χ1v) is 7.88. The highest BCUT2D eigenvalue weighted by atomic mass is 16.4. The summed E-state index contributed by atoms with van der Waals surface area (Å²) in [6.45, 7) is 8.36. The van der Waals surface area contributed by atoms with E-state index in [0.29, 0.717) is 6.54 Å². The first kappa shape index (κ1) is 18.7. The predicted molar refractivity (Wildman–Crippen MR) is 83.7 cm³/mol. The van der Waals surface area contributed by atoms with Gasteiger partial charge in [-0.2, -0.15) is 0 Å². The maximum absolute atomic E-state index is 11.8. The number of carbonyl (C=O) groups excluding carboxylic acids is 1. The zero-order valence-corrected chi connectivity index (χ0v) is 13.9. The average molecular weight is 315 g/mol. The third kappa shape index (κ3) is 5.46. The van der Waals surface area contributed by atoms with Crippen LogP contribution in [0.3, 0.4) is 0 Å². The van der Waals surface area contributed by atoms with Crippen LogP contribution in [-0.4, -0.2) is 64.4 Å². The normalized spacial score (nSPS) is 23.8. The van der Waals surface area contributed by atoms with Crippen LogP contribution in [0, 0.1) is 5.92 Å². The Morgan fingerprint density at radius 1 is 1.36 bits per heavy atom. The molecule has 0 aromatic heterocycles. The van der Waals surface area contributed by atoms with Crippen LogP contribution in [0.15, 0.2) is 0 Å². The highest BCUT2D eigenvalue weighted by Gasteiger charge is 2.35. The monoisotopic (exact) mass is 315 g/mol. The van der Waals surface area contributed by atoms with E-state index in [1.165, 1.54) is 0 Å². The minimum atomic E-state index is -0.931. The lowest BCUT2D eigenvalue weighted by atomic mass is 9.85. The van der Waals surface area contributed by atoms with E-state index in [0.717, 1.165) is 12.8 Å². The molecule has 0 aromatic carbocycles. The van der Waals surface area contributed by atoms with Gasteiger partial charge >= 0.3 is 12.0 Å². The van der Waals surface area contributed by atoms with Crippen molar-refractivity contribution >= 4 is 12.0 Å². The summed E-state index contributed by atoms with van der Waals surface area (Å²) in [6.07, 6.45) is 1.52. The van der Waals surface area contributed by atoms with Gasteiger partial charge in [0.1, 0.15) is 0 Å². The summed E-state index contributed by atoms with van der Waals surface area (Å²) in [7, 11) is 0. The second-order valence-electron chi connectivity index (χ2n) is 6.62. The molecule has 0 spiro atoms. The number of urea groups is 1. The largest absolute Gasteiger partial charge is 0.480 e. The summed E-state index contributed by atoms with van der Waals surface area (Å²) < 4.78 is 0. The molecule has 0 bridgehead atoms. The molecule has 1 saturated carbocycles. The zero-order chi connectivity index (χ0) is 16.9. The quantitative estimate of drug-likeness (QED) is 0.526. The van der Waals surface area contributed by atoms with Crippen molar-refractivity contribution in [2.24, 2.45) is 5.92 Å². The van der Waals surface area contributed by atoms with E-state index in [-0.39, 0.29) is 37.1 Å². The Morgan fingerprint density at radius 2 is 1.95 bits per heavy atom. The van der Waals surface area contributed by atoms with Gasteiger partial charge in [-0.3, -0.25) is 9.69 Å². The lowest BCUT2D eigenvalue weighted by Crippen LogP contribution is -2.57. The predicted octanol–water partition coefficient (Wildman–Crippen LogP) is 0.630. The second-order valence-corrected chi connectivity index (χ2v) is 6.62. The molecular formula is C15H29N3O4. The molecule has 0 heterocycles. The third-order valence-electron chi connectivity index (χ3n) is 4.56. The molecule has 0 aliphatic heterocycles. The molecule has 1 rings (SSSR count). The van der Waals surface area contributed by atoms with Crippen molar-refractivity contribution in [3.63, 3.8) is 0 Å². The first-order valence-electron chi connectivity index (χ1n) is 7.88. The number of amides is 2. The smallest absolute Gasteiger partial charge is 0.317 e. The number of nitrogens with one attached hydrogen (secondary N) is 2. The second kappa shape index (κ2) is 7.78. The molecule has 7 heteroatoms. The molecule has 22 heavy (non-hydrogen) atoms. The van der Waals surface area contributed by atoms with Crippen molar-refractivity contribution < 1.29 is 19.8 Å². The summed E-state index contributed by atoms with van der Waals surface area (Å²) in [5.41, 5.74) is -0.931. The molecule has 7 nitrogen and oxygen atoms in total. The van der Waals surface area contributed by atoms with Gasteiger partial charge in [0.2, 0.25) is 0 Å². The van der Waals surface area contributed by atoms with Gasteiger partial charge in [-0.25, -0.2) is 4.79 Å². The number of likely N-dealkylation sites (N-methyl/N-ethyl adjacent to an activating group) is 1. The molecular weight excluding hydrogens is 286 g/mol. The Kier molecular flexibility index (Phi) is 6.62. The topological polar surface area (TPSA) is 102 Å². The molecule has 1 aliphatic carbocycles. The van der Waals surface area contributed by atoms with Crippen molar-refractivity contribution in [2.45, 2.75) is 58.2 Å². The van der Waals surface area contributed by atoms with Gasteiger partial charge in [-0.1, -0.05) is 20.8 Å². The molecule has 2 amide bonds. The maximum Gasteiger partial charge on any atom is 0.317 e. The fraction of sp³-hybridized carbons (Fsp3) is 0.867. The number of hydrogen-bond donors (Lipinski definition) is 4. The number of carboxylic acids is 1. The zero-order valence-electron chi connectivity index (χ0n) is 13.9. The van der Waals surface area contributed by atoms with Crippen LogP contribution in [0.5, 0.6) is 0 Å². The summed E-state index contributed by atoms with van der Waals surface area (Å²) in [5, 5.41) is 24.5. The maximum atomic E-state index is 11.8. The Hall–Kier alpha value is -1.34. The number of hydrogen-bond acceptors (Lipinski definition) is 4. The third-order valence-corrected chi connectivity index (χ3v) is 4.56. The van der Waals surface area contributed by atoms with E-state index >= 15 is 0 Å². The lowest BCUT2D eigenvalue weighted by molar-refractivity contribution is -0.139. The van der Waals surface area contributed by atoms with E-state index in [1.54, 1.807) is 6.92 Å². The SMILES string of the molecule is CCN(CC(=O)O)C1CC(NC(=O)NCC(C)(O)C(C)C)C1. The average Bonchev–Trinajstić information content (AvgIpc) is 2.37. The Labute approximate surface area is 132 Å². The van der Waals surface area contributed by atoms with Gasteiger partial charge in [0, 0.05) is 18.6 Å². The Bertz CT molecular complexity index is 392. The minimum absolute atomic E-state index is 0.0390. The standard InChI is InChI=1S/C15H29N3O4/c1-5-18(8-13(19)20)12-6-11(7-12)17-14(21)16-9-15(4,22)10(2)3/h10-12,22H,5-9H2,1-4H3,(H,19,20)(H2,16,17,21). The van der Waals surface area contributed by atoms with Crippen molar-refractivity contribution in [1.29, 1.82) is 0 Å². The lowest BCUT2D eigenvalue weighted by Gasteiger charge is -2.42. The molecule has 1 fully saturated rings. The number of nitrogens with zero attached hydrogens (tertiary/aromatic N) is 1. The molecule has 128 valence electrons.